The molecular weight excluding hydrogens is 268 g/mol. The molecule has 0 aromatic heterocycles. The molecule has 1 aliphatic rings. The molecule has 1 amide bonds. The van der Waals surface area contributed by atoms with Crippen molar-refractivity contribution >= 4 is 5.91 Å². The van der Waals surface area contributed by atoms with E-state index >= 15 is 0 Å². The van der Waals surface area contributed by atoms with Crippen molar-refractivity contribution in [3.63, 3.8) is 0 Å². The second-order valence-corrected chi connectivity index (χ2v) is 6.00. The maximum atomic E-state index is 12.3. The van der Waals surface area contributed by atoms with E-state index in [0.717, 1.165) is 31.2 Å². The summed E-state index contributed by atoms with van der Waals surface area (Å²) in [6, 6.07) is 5.11. The summed E-state index contributed by atoms with van der Waals surface area (Å²) in [4.78, 5) is 14.0. The first kappa shape index (κ1) is 15.6. The zero-order valence-electron chi connectivity index (χ0n) is 12.8. The number of hydrogen-bond donors (Lipinski definition) is 2. The number of aromatic hydroxyl groups is 1. The highest BCUT2D eigenvalue weighted by Crippen LogP contribution is 2.31. The van der Waals surface area contributed by atoms with Crippen molar-refractivity contribution < 1.29 is 14.6 Å². The van der Waals surface area contributed by atoms with Gasteiger partial charge in [0.05, 0.1) is 7.11 Å². The van der Waals surface area contributed by atoms with Crippen molar-refractivity contribution in [1.82, 2.24) is 4.90 Å². The number of hydrogen-bond acceptors (Lipinski definition) is 4. The fourth-order valence-corrected chi connectivity index (χ4v) is 2.87. The molecular formula is C16H24N2O3. The Hall–Kier alpha value is -1.75. The molecule has 0 heterocycles. The van der Waals surface area contributed by atoms with Gasteiger partial charge in [-0.05, 0) is 30.5 Å². The molecule has 2 rings (SSSR count). The van der Waals surface area contributed by atoms with Crippen LogP contribution in [0.4, 0.5) is 0 Å². The number of amides is 1. The number of phenolic OH excluding ortho intramolecular Hbond substituents is 1. The predicted octanol–water partition coefficient (Wildman–Crippen LogP) is 2.02. The number of rotatable bonds is 5. The third-order valence-electron chi connectivity index (χ3n) is 4.19. The van der Waals surface area contributed by atoms with Gasteiger partial charge in [-0.15, -0.1) is 0 Å². The summed E-state index contributed by atoms with van der Waals surface area (Å²) in [5.74, 6) is 0.577. The van der Waals surface area contributed by atoms with Gasteiger partial charge in [0, 0.05) is 25.6 Å². The average molecular weight is 292 g/mol. The van der Waals surface area contributed by atoms with Crippen LogP contribution in [0.2, 0.25) is 0 Å². The second kappa shape index (κ2) is 6.35. The Morgan fingerprint density at radius 2 is 2.10 bits per heavy atom. The number of nitrogens with two attached hydrogens (primary N) is 1. The van der Waals surface area contributed by atoms with Gasteiger partial charge in [0.25, 0.3) is 0 Å². The lowest BCUT2D eigenvalue weighted by Gasteiger charge is -2.26. The van der Waals surface area contributed by atoms with Gasteiger partial charge in [0.1, 0.15) is 0 Å². The molecule has 1 saturated carbocycles. The summed E-state index contributed by atoms with van der Waals surface area (Å²) in [5, 5.41) is 9.58. The fourth-order valence-electron chi connectivity index (χ4n) is 2.87. The monoisotopic (exact) mass is 292 g/mol. The number of carbonyl (C=O) groups excluding carboxylic acids is 1. The average Bonchev–Trinajstić information content (AvgIpc) is 2.87. The van der Waals surface area contributed by atoms with E-state index in [4.69, 9.17) is 10.5 Å². The van der Waals surface area contributed by atoms with Crippen molar-refractivity contribution in [2.45, 2.75) is 44.2 Å². The van der Waals surface area contributed by atoms with Gasteiger partial charge in [0.2, 0.25) is 5.91 Å². The topological polar surface area (TPSA) is 75.8 Å². The Bertz CT molecular complexity index is 510. The van der Waals surface area contributed by atoms with E-state index in [1.807, 2.05) is 0 Å². The molecule has 116 valence electrons. The maximum Gasteiger partial charge on any atom is 0.224 e. The Balaban J connectivity index is 1.97. The predicted molar refractivity (Wildman–Crippen MR) is 81.1 cm³/mol. The number of phenols is 1. The summed E-state index contributed by atoms with van der Waals surface area (Å²) in [5.41, 5.74) is 6.85. The highest BCUT2D eigenvalue weighted by atomic mass is 16.5. The van der Waals surface area contributed by atoms with E-state index in [9.17, 15) is 9.90 Å². The van der Waals surface area contributed by atoms with Crippen LogP contribution in [0.15, 0.2) is 18.2 Å². The van der Waals surface area contributed by atoms with Crippen molar-refractivity contribution in [2.75, 3.05) is 14.2 Å². The van der Waals surface area contributed by atoms with Crippen molar-refractivity contribution in [3.05, 3.63) is 23.8 Å². The molecule has 1 aromatic carbocycles. The lowest BCUT2D eigenvalue weighted by Crippen LogP contribution is -2.42. The molecule has 1 aromatic rings. The van der Waals surface area contributed by atoms with E-state index in [0.29, 0.717) is 18.7 Å². The highest BCUT2D eigenvalue weighted by molar-refractivity contribution is 5.77. The Morgan fingerprint density at radius 1 is 1.43 bits per heavy atom. The standard InChI is InChI=1S/C16H24N2O3/c1-18(15(20)10-16(17)7-3-4-8-16)11-12-5-6-13(19)14(9-12)21-2/h5-6,9,19H,3-4,7-8,10-11,17H2,1-2H3. The molecule has 1 aliphatic carbocycles. The minimum absolute atomic E-state index is 0.0615. The van der Waals surface area contributed by atoms with Crippen LogP contribution in [-0.4, -0.2) is 35.6 Å². The molecule has 5 nitrogen and oxygen atoms in total. The van der Waals surface area contributed by atoms with E-state index in [1.165, 1.54) is 7.11 Å². The number of carbonyl (C=O) groups is 1. The third kappa shape index (κ3) is 3.88. The molecule has 3 N–H and O–H groups in total. The first-order chi connectivity index (χ1) is 9.93. The molecule has 0 radical (unpaired) electrons. The minimum atomic E-state index is -0.321. The van der Waals surface area contributed by atoms with Crippen LogP contribution in [0.5, 0.6) is 11.5 Å². The smallest absolute Gasteiger partial charge is 0.224 e. The molecule has 5 heteroatoms. The summed E-state index contributed by atoms with van der Waals surface area (Å²) >= 11 is 0. The Labute approximate surface area is 125 Å². The van der Waals surface area contributed by atoms with Gasteiger partial charge < -0.3 is 20.5 Å². The minimum Gasteiger partial charge on any atom is -0.504 e. The van der Waals surface area contributed by atoms with Gasteiger partial charge in [-0.1, -0.05) is 18.9 Å². The van der Waals surface area contributed by atoms with Crippen molar-refractivity contribution in [3.8, 4) is 11.5 Å². The zero-order valence-corrected chi connectivity index (χ0v) is 12.8. The van der Waals surface area contributed by atoms with Crippen LogP contribution in [0, 0.1) is 0 Å². The zero-order chi connectivity index (χ0) is 15.5. The quantitative estimate of drug-likeness (QED) is 0.870. The van der Waals surface area contributed by atoms with Crippen molar-refractivity contribution in [2.24, 2.45) is 5.73 Å². The summed E-state index contributed by atoms with van der Waals surface area (Å²) < 4.78 is 5.08. The molecule has 0 aliphatic heterocycles. The van der Waals surface area contributed by atoms with E-state index in [1.54, 1.807) is 30.1 Å². The van der Waals surface area contributed by atoms with Crippen LogP contribution in [0.25, 0.3) is 0 Å². The molecule has 0 unspecified atom stereocenters. The highest BCUT2D eigenvalue weighted by Gasteiger charge is 2.32. The molecule has 21 heavy (non-hydrogen) atoms. The lowest BCUT2D eigenvalue weighted by molar-refractivity contribution is -0.131. The van der Waals surface area contributed by atoms with E-state index < -0.39 is 0 Å². The van der Waals surface area contributed by atoms with Gasteiger partial charge in [-0.25, -0.2) is 0 Å². The van der Waals surface area contributed by atoms with Gasteiger partial charge >= 0.3 is 0 Å². The second-order valence-electron chi connectivity index (χ2n) is 6.00. The summed E-state index contributed by atoms with van der Waals surface area (Å²) in [6.07, 6.45) is 4.49. The number of benzene rings is 1. The first-order valence-corrected chi connectivity index (χ1v) is 7.32. The van der Waals surface area contributed by atoms with Gasteiger partial charge in [-0.2, -0.15) is 0 Å². The Morgan fingerprint density at radius 3 is 2.71 bits per heavy atom. The normalized spacial score (nSPS) is 16.7. The molecule has 0 spiro atoms. The van der Waals surface area contributed by atoms with Crippen LogP contribution in [-0.2, 0) is 11.3 Å². The SMILES string of the molecule is COc1cc(CN(C)C(=O)CC2(N)CCCC2)ccc1O. The molecule has 0 saturated heterocycles. The van der Waals surface area contributed by atoms with E-state index in [-0.39, 0.29) is 17.2 Å². The van der Waals surface area contributed by atoms with Crippen LogP contribution in [0.1, 0.15) is 37.7 Å². The number of ether oxygens (including phenoxy) is 1. The van der Waals surface area contributed by atoms with Gasteiger partial charge in [0.15, 0.2) is 11.5 Å². The van der Waals surface area contributed by atoms with Crippen LogP contribution >= 0.6 is 0 Å². The summed E-state index contributed by atoms with van der Waals surface area (Å²) in [6.45, 7) is 0.478. The van der Waals surface area contributed by atoms with E-state index in [2.05, 4.69) is 0 Å². The molecule has 0 atom stereocenters. The first-order valence-electron chi connectivity index (χ1n) is 7.32. The summed E-state index contributed by atoms with van der Waals surface area (Å²) in [7, 11) is 3.28. The molecule has 0 bridgehead atoms. The number of nitrogens with zero attached hydrogens (tertiary/aromatic N) is 1. The lowest BCUT2D eigenvalue weighted by atomic mass is 9.94. The van der Waals surface area contributed by atoms with Gasteiger partial charge in [-0.3, -0.25) is 4.79 Å². The maximum absolute atomic E-state index is 12.3. The number of methoxy groups -OCH3 is 1. The Kier molecular flexibility index (Phi) is 4.73. The molecule has 1 fully saturated rings. The van der Waals surface area contributed by atoms with Crippen molar-refractivity contribution in [1.29, 1.82) is 0 Å². The van der Waals surface area contributed by atoms with Crippen LogP contribution < -0.4 is 10.5 Å². The van der Waals surface area contributed by atoms with Crippen LogP contribution in [0.3, 0.4) is 0 Å². The third-order valence-corrected chi connectivity index (χ3v) is 4.19. The fraction of sp³-hybridized carbons (Fsp3) is 0.562. The largest absolute Gasteiger partial charge is 0.504 e.